The van der Waals surface area contributed by atoms with Gasteiger partial charge in [-0.1, -0.05) is 48.0 Å². The molecule has 4 heteroatoms. The third-order valence-electron chi connectivity index (χ3n) is 3.09. The van der Waals surface area contributed by atoms with Gasteiger partial charge in [0.2, 0.25) is 0 Å². The fourth-order valence-corrected chi connectivity index (χ4v) is 2.37. The van der Waals surface area contributed by atoms with E-state index < -0.39 is 5.91 Å². The number of pyridine rings is 1. The minimum Gasteiger partial charge on any atom is -0.364 e. The number of fused-ring (bicyclic) bond motifs is 1. The van der Waals surface area contributed by atoms with Gasteiger partial charge in [0.15, 0.2) is 0 Å². The summed E-state index contributed by atoms with van der Waals surface area (Å²) >= 11 is 6.03. The van der Waals surface area contributed by atoms with E-state index in [4.69, 9.17) is 17.3 Å². The van der Waals surface area contributed by atoms with Crippen molar-refractivity contribution in [2.75, 3.05) is 0 Å². The third-order valence-corrected chi connectivity index (χ3v) is 3.33. The number of halogens is 1. The number of hydrogen-bond acceptors (Lipinski definition) is 2. The molecule has 0 saturated heterocycles. The first-order valence-electron chi connectivity index (χ1n) is 6.11. The van der Waals surface area contributed by atoms with E-state index in [0.29, 0.717) is 10.7 Å². The molecule has 0 unspecified atom stereocenters. The van der Waals surface area contributed by atoms with E-state index in [0.717, 1.165) is 16.3 Å². The summed E-state index contributed by atoms with van der Waals surface area (Å²) in [7, 11) is 0. The van der Waals surface area contributed by atoms with Gasteiger partial charge in [0.25, 0.3) is 5.91 Å². The molecule has 1 aromatic heterocycles. The maximum absolute atomic E-state index is 11.4. The highest BCUT2D eigenvalue weighted by Gasteiger charge is 2.11. The van der Waals surface area contributed by atoms with Crippen molar-refractivity contribution < 1.29 is 4.79 Å². The predicted molar refractivity (Wildman–Crippen MR) is 80.7 cm³/mol. The van der Waals surface area contributed by atoms with Crippen LogP contribution in [0.4, 0.5) is 0 Å². The van der Waals surface area contributed by atoms with Gasteiger partial charge in [0, 0.05) is 16.0 Å². The summed E-state index contributed by atoms with van der Waals surface area (Å²) in [6.07, 6.45) is 0. The number of hydrogen-bond donors (Lipinski definition) is 1. The highest BCUT2D eigenvalue weighted by molar-refractivity contribution is 6.30. The Hall–Kier alpha value is -2.39. The fraction of sp³-hybridized carbons (Fsp3) is 0. The Balaban J connectivity index is 2.35. The van der Waals surface area contributed by atoms with Crippen molar-refractivity contribution in [2.24, 2.45) is 5.73 Å². The zero-order chi connectivity index (χ0) is 14.1. The largest absolute Gasteiger partial charge is 0.364 e. The zero-order valence-corrected chi connectivity index (χ0v) is 11.3. The maximum Gasteiger partial charge on any atom is 0.267 e. The highest BCUT2D eigenvalue weighted by atomic mass is 35.5. The van der Waals surface area contributed by atoms with Crippen molar-refractivity contribution in [3.05, 3.63) is 65.3 Å². The lowest BCUT2D eigenvalue weighted by Crippen LogP contribution is -2.13. The minimum absolute atomic E-state index is 0.249. The van der Waals surface area contributed by atoms with Gasteiger partial charge in [-0.15, -0.1) is 0 Å². The third kappa shape index (κ3) is 2.24. The summed E-state index contributed by atoms with van der Waals surface area (Å²) < 4.78 is 0. The topological polar surface area (TPSA) is 56.0 Å². The van der Waals surface area contributed by atoms with Crippen LogP contribution in [0.25, 0.3) is 22.0 Å². The molecule has 3 aromatic rings. The number of nitrogens with two attached hydrogens (primary N) is 1. The van der Waals surface area contributed by atoms with Crippen molar-refractivity contribution in [3.8, 4) is 11.3 Å². The summed E-state index contributed by atoms with van der Waals surface area (Å²) in [5, 5.41) is 2.50. The van der Waals surface area contributed by atoms with E-state index in [-0.39, 0.29) is 5.69 Å². The van der Waals surface area contributed by atoms with Crippen LogP contribution in [0.3, 0.4) is 0 Å². The smallest absolute Gasteiger partial charge is 0.267 e. The molecule has 2 aromatic carbocycles. The van der Waals surface area contributed by atoms with E-state index in [2.05, 4.69) is 4.98 Å². The van der Waals surface area contributed by atoms with Gasteiger partial charge in [0.05, 0.1) is 5.69 Å². The van der Waals surface area contributed by atoms with Crippen LogP contribution in [0, 0.1) is 0 Å². The van der Waals surface area contributed by atoms with E-state index in [1.807, 2.05) is 42.5 Å². The Labute approximate surface area is 121 Å². The minimum atomic E-state index is -0.543. The monoisotopic (exact) mass is 282 g/mol. The van der Waals surface area contributed by atoms with Crippen LogP contribution in [0.1, 0.15) is 10.5 Å². The molecule has 1 heterocycles. The van der Waals surface area contributed by atoms with Crippen molar-refractivity contribution in [1.82, 2.24) is 4.98 Å². The molecule has 0 atom stereocenters. The number of carbonyl (C=O) groups excluding carboxylic acids is 1. The van der Waals surface area contributed by atoms with Crippen LogP contribution in [-0.4, -0.2) is 10.9 Å². The molecule has 2 N–H and O–H groups in total. The summed E-state index contributed by atoms with van der Waals surface area (Å²) in [5.74, 6) is -0.543. The fourth-order valence-electron chi connectivity index (χ4n) is 2.18. The molecule has 0 aliphatic heterocycles. The van der Waals surface area contributed by atoms with Crippen LogP contribution in [0.15, 0.2) is 54.6 Å². The number of aromatic nitrogens is 1. The van der Waals surface area contributed by atoms with Gasteiger partial charge in [0.1, 0.15) is 5.69 Å². The van der Waals surface area contributed by atoms with Crippen molar-refractivity contribution >= 4 is 28.3 Å². The average molecular weight is 283 g/mol. The molecular formula is C16H11ClN2O. The van der Waals surface area contributed by atoms with Crippen molar-refractivity contribution in [2.45, 2.75) is 0 Å². The Morgan fingerprint density at radius 2 is 1.85 bits per heavy atom. The lowest BCUT2D eigenvalue weighted by Gasteiger charge is -2.08. The first-order valence-corrected chi connectivity index (χ1v) is 6.48. The van der Waals surface area contributed by atoms with Gasteiger partial charge in [-0.25, -0.2) is 4.98 Å². The number of carbonyl (C=O) groups is 1. The van der Waals surface area contributed by atoms with E-state index >= 15 is 0 Å². The number of benzene rings is 2. The van der Waals surface area contributed by atoms with Gasteiger partial charge >= 0.3 is 0 Å². The van der Waals surface area contributed by atoms with Crippen molar-refractivity contribution in [1.29, 1.82) is 0 Å². The Morgan fingerprint density at radius 1 is 1.05 bits per heavy atom. The SMILES string of the molecule is NC(=O)c1cc2ccccc2c(-c2cccc(Cl)c2)n1. The molecule has 0 aliphatic rings. The lowest BCUT2D eigenvalue weighted by molar-refractivity contribution is 0.0996. The van der Waals surface area contributed by atoms with Crippen LogP contribution >= 0.6 is 11.6 Å². The first kappa shape index (κ1) is 12.6. The van der Waals surface area contributed by atoms with Crippen LogP contribution < -0.4 is 5.73 Å². The molecule has 3 rings (SSSR count). The molecule has 20 heavy (non-hydrogen) atoms. The molecule has 0 bridgehead atoms. The second-order valence-electron chi connectivity index (χ2n) is 4.45. The Morgan fingerprint density at radius 3 is 2.60 bits per heavy atom. The normalized spacial score (nSPS) is 10.7. The highest BCUT2D eigenvalue weighted by Crippen LogP contribution is 2.29. The molecule has 98 valence electrons. The standard InChI is InChI=1S/C16H11ClN2O/c17-12-6-3-5-11(8-12)15-13-7-2-1-4-10(13)9-14(19-15)16(18)20/h1-9H,(H2,18,20). The molecule has 3 nitrogen and oxygen atoms in total. The summed E-state index contributed by atoms with van der Waals surface area (Å²) in [6.45, 7) is 0. The molecule has 0 radical (unpaired) electrons. The average Bonchev–Trinajstić information content (AvgIpc) is 2.46. The van der Waals surface area contributed by atoms with Crippen LogP contribution in [0.2, 0.25) is 5.02 Å². The van der Waals surface area contributed by atoms with E-state index in [9.17, 15) is 4.79 Å². The molecule has 0 fully saturated rings. The predicted octanol–water partition coefficient (Wildman–Crippen LogP) is 3.65. The van der Waals surface area contributed by atoms with Gasteiger partial charge in [-0.2, -0.15) is 0 Å². The molecule has 0 spiro atoms. The second-order valence-corrected chi connectivity index (χ2v) is 4.89. The number of amides is 1. The van der Waals surface area contributed by atoms with Gasteiger partial charge in [-0.3, -0.25) is 4.79 Å². The first-order chi connectivity index (χ1) is 9.65. The van der Waals surface area contributed by atoms with E-state index in [1.165, 1.54) is 0 Å². The molecule has 0 aliphatic carbocycles. The maximum atomic E-state index is 11.4. The molecule has 1 amide bonds. The Bertz CT molecular complexity index is 814. The van der Waals surface area contributed by atoms with Gasteiger partial charge < -0.3 is 5.73 Å². The zero-order valence-electron chi connectivity index (χ0n) is 10.5. The summed E-state index contributed by atoms with van der Waals surface area (Å²) in [4.78, 5) is 15.8. The van der Waals surface area contributed by atoms with E-state index in [1.54, 1.807) is 12.1 Å². The lowest BCUT2D eigenvalue weighted by atomic mass is 10.0. The van der Waals surface area contributed by atoms with Crippen LogP contribution in [0.5, 0.6) is 0 Å². The number of rotatable bonds is 2. The summed E-state index contributed by atoms with van der Waals surface area (Å²) in [5.41, 5.74) is 7.17. The van der Waals surface area contributed by atoms with Crippen LogP contribution in [-0.2, 0) is 0 Å². The second kappa shape index (κ2) is 4.94. The Kier molecular flexibility index (Phi) is 3.12. The number of primary amides is 1. The van der Waals surface area contributed by atoms with Gasteiger partial charge in [-0.05, 0) is 23.6 Å². The van der Waals surface area contributed by atoms with Crippen molar-refractivity contribution in [3.63, 3.8) is 0 Å². The molecule has 0 saturated carbocycles. The molecular weight excluding hydrogens is 272 g/mol. The number of nitrogens with zero attached hydrogens (tertiary/aromatic N) is 1. The quantitative estimate of drug-likeness (QED) is 0.780. The summed E-state index contributed by atoms with van der Waals surface area (Å²) in [6, 6.07) is 16.8.